The Morgan fingerprint density at radius 2 is 2.05 bits per heavy atom. The van der Waals surface area contributed by atoms with Gasteiger partial charge in [0, 0.05) is 12.1 Å². The Morgan fingerprint density at radius 1 is 1.37 bits per heavy atom. The van der Waals surface area contributed by atoms with Gasteiger partial charge in [-0.2, -0.15) is 0 Å². The highest BCUT2D eigenvalue weighted by Gasteiger charge is 2.18. The van der Waals surface area contributed by atoms with E-state index in [9.17, 15) is 13.6 Å². The fraction of sp³-hybridized carbons (Fsp3) is 0.462. The lowest BCUT2D eigenvalue weighted by Gasteiger charge is -2.13. The zero-order valence-corrected chi connectivity index (χ0v) is 10.7. The number of amides is 1. The molecular weight excluding hydrogens is 254 g/mol. The summed E-state index contributed by atoms with van der Waals surface area (Å²) >= 11 is 0. The van der Waals surface area contributed by atoms with Gasteiger partial charge >= 0.3 is 0 Å². The first-order chi connectivity index (χ1) is 9.06. The number of hydrogen-bond acceptors (Lipinski definition) is 3. The minimum absolute atomic E-state index is 0.444. The number of rotatable bonds is 7. The van der Waals surface area contributed by atoms with E-state index >= 15 is 0 Å². The summed E-state index contributed by atoms with van der Waals surface area (Å²) in [5.41, 5.74) is 1.28. The molecule has 1 unspecified atom stereocenters. The lowest BCUT2D eigenvalue weighted by molar-refractivity contribution is -0.00270. The van der Waals surface area contributed by atoms with Crippen LogP contribution >= 0.6 is 0 Å². The molecular formula is C13H18F2N2O2. The molecule has 1 rings (SSSR count). The SMILES string of the molecule is CNCCc1ccccc1C(=O)NCC(O)C(F)F. The third-order valence-electron chi connectivity index (χ3n) is 2.67. The van der Waals surface area contributed by atoms with Crippen molar-refractivity contribution in [2.75, 3.05) is 20.1 Å². The van der Waals surface area contributed by atoms with Crippen molar-refractivity contribution in [3.05, 3.63) is 35.4 Å². The molecule has 4 nitrogen and oxygen atoms in total. The van der Waals surface area contributed by atoms with Crippen LogP contribution in [0.5, 0.6) is 0 Å². The average Bonchev–Trinajstić information content (AvgIpc) is 2.42. The van der Waals surface area contributed by atoms with Crippen LogP contribution in [0.4, 0.5) is 8.78 Å². The fourth-order valence-electron chi connectivity index (χ4n) is 1.60. The number of halogens is 2. The summed E-state index contributed by atoms with van der Waals surface area (Å²) in [4.78, 5) is 11.9. The third kappa shape index (κ3) is 4.92. The monoisotopic (exact) mass is 272 g/mol. The van der Waals surface area contributed by atoms with Crippen molar-refractivity contribution in [3.8, 4) is 0 Å². The van der Waals surface area contributed by atoms with Gasteiger partial charge in [0.1, 0.15) is 6.10 Å². The van der Waals surface area contributed by atoms with Crippen LogP contribution in [0.1, 0.15) is 15.9 Å². The molecule has 19 heavy (non-hydrogen) atoms. The van der Waals surface area contributed by atoms with E-state index in [1.165, 1.54) is 0 Å². The summed E-state index contributed by atoms with van der Waals surface area (Å²) in [5, 5.41) is 14.2. The molecule has 0 aliphatic heterocycles. The molecule has 1 amide bonds. The Labute approximate surface area is 110 Å². The number of carbonyl (C=O) groups is 1. The Morgan fingerprint density at radius 3 is 2.68 bits per heavy atom. The van der Waals surface area contributed by atoms with E-state index in [1.54, 1.807) is 12.1 Å². The maximum atomic E-state index is 12.1. The van der Waals surface area contributed by atoms with Crippen LogP contribution in [0.15, 0.2) is 24.3 Å². The second-order valence-electron chi connectivity index (χ2n) is 4.12. The summed E-state index contributed by atoms with van der Waals surface area (Å²) < 4.78 is 24.2. The minimum atomic E-state index is -2.86. The van der Waals surface area contributed by atoms with Gasteiger partial charge < -0.3 is 15.7 Å². The van der Waals surface area contributed by atoms with Gasteiger partial charge in [-0.05, 0) is 31.6 Å². The molecule has 0 saturated carbocycles. The molecule has 0 spiro atoms. The van der Waals surface area contributed by atoms with E-state index in [1.807, 2.05) is 19.2 Å². The largest absolute Gasteiger partial charge is 0.385 e. The van der Waals surface area contributed by atoms with Crippen molar-refractivity contribution in [3.63, 3.8) is 0 Å². The van der Waals surface area contributed by atoms with Gasteiger partial charge in [-0.25, -0.2) is 8.78 Å². The normalized spacial score (nSPS) is 12.5. The lowest BCUT2D eigenvalue weighted by Crippen LogP contribution is -2.36. The summed E-state index contributed by atoms with van der Waals surface area (Å²) in [5.74, 6) is -0.452. The molecule has 0 aliphatic rings. The van der Waals surface area contributed by atoms with Crippen LogP contribution in [-0.4, -0.2) is 43.7 Å². The molecule has 1 aromatic rings. The van der Waals surface area contributed by atoms with Gasteiger partial charge in [0.15, 0.2) is 0 Å². The van der Waals surface area contributed by atoms with Crippen molar-refractivity contribution in [1.82, 2.24) is 10.6 Å². The first-order valence-corrected chi connectivity index (χ1v) is 6.03. The summed E-state index contributed by atoms with van der Waals surface area (Å²) in [6, 6.07) is 6.97. The summed E-state index contributed by atoms with van der Waals surface area (Å²) in [7, 11) is 1.81. The van der Waals surface area contributed by atoms with Gasteiger partial charge in [0.25, 0.3) is 12.3 Å². The Kier molecular flexibility index (Phi) is 6.38. The van der Waals surface area contributed by atoms with Crippen molar-refractivity contribution in [2.24, 2.45) is 0 Å². The van der Waals surface area contributed by atoms with Gasteiger partial charge in [0.2, 0.25) is 0 Å². The van der Waals surface area contributed by atoms with E-state index in [2.05, 4.69) is 10.6 Å². The van der Waals surface area contributed by atoms with Crippen LogP contribution in [0.2, 0.25) is 0 Å². The number of alkyl halides is 2. The molecule has 0 aliphatic carbocycles. The maximum absolute atomic E-state index is 12.1. The van der Waals surface area contributed by atoms with Crippen LogP contribution in [0.3, 0.4) is 0 Å². The van der Waals surface area contributed by atoms with Gasteiger partial charge in [-0.3, -0.25) is 4.79 Å². The van der Waals surface area contributed by atoms with Crippen molar-refractivity contribution in [2.45, 2.75) is 19.0 Å². The summed E-state index contributed by atoms with van der Waals surface area (Å²) in [6.45, 7) is 0.251. The Hall–Kier alpha value is -1.53. The number of carbonyl (C=O) groups excluding carboxylic acids is 1. The highest BCUT2D eigenvalue weighted by molar-refractivity contribution is 5.95. The van der Waals surface area contributed by atoms with Crippen molar-refractivity contribution >= 4 is 5.91 Å². The van der Waals surface area contributed by atoms with Crippen molar-refractivity contribution < 1.29 is 18.7 Å². The number of likely N-dealkylation sites (N-methyl/N-ethyl adjacent to an activating group) is 1. The van der Waals surface area contributed by atoms with E-state index < -0.39 is 25.0 Å². The topological polar surface area (TPSA) is 61.4 Å². The Balaban J connectivity index is 2.65. The molecule has 0 fully saturated rings. The molecule has 0 saturated heterocycles. The molecule has 6 heteroatoms. The number of aliphatic hydroxyl groups is 1. The standard InChI is InChI=1S/C13H18F2N2O2/c1-16-7-6-9-4-2-3-5-10(9)13(19)17-8-11(18)12(14)15/h2-5,11-12,16,18H,6-8H2,1H3,(H,17,19). The highest BCUT2D eigenvalue weighted by Crippen LogP contribution is 2.09. The van der Waals surface area contributed by atoms with Crippen LogP contribution in [0, 0.1) is 0 Å². The van der Waals surface area contributed by atoms with Gasteiger partial charge in [-0.15, -0.1) is 0 Å². The van der Waals surface area contributed by atoms with Crippen molar-refractivity contribution in [1.29, 1.82) is 0 Å². The van der Waals surface area contributed by atoms with E-state index in [-0.39, 0.29) is 0 Å². The van der Waals surface area contributed by atoms with E-state index in [0.29, 0.717) is 18.5 Å². The zero-order valence-electron chi connectivity index (χ0n) is 10.7. The molecule has 106 valence electrons. The first kappa shape index (κ1) is 15.5. The zero-order chi connectivity index (χ0) is 14.3. The molecule has 0 aromatic heterocycles. The number of hydrogen-bond donors (Lipinski definition) is 3. The number of nitrogens with one attached hydrogen (secondary N) is 2. The lowest BCUT2D eigenvalue weighted by atomic mass is 10.0. The number of aliphatic hydroxyl groups excluding tert-OH is 1. The third-order valence-corrected chi connectivity index (χ3v) is 2.67. The molecule has 1 aromatic carbocycles. The smallest absolute Gasteiger partial charge is 0.265 e. The summed E-state index contributed by atoms with van der Waals surface area (Å²) in [6.07, 6.45) is -4.04. The predicted octanol–water partition coefficient (Wildman–Crippen LogP) is 0.804. The second kappa shape index (κ2) is 7.81. The van der Waals surface area contributed by atoms with Gasteiger partial charge in [-0.1, -0.05) is 18.2 Å². The number of benzene rings is 1. The molecule has 0 radical (unpaired) electrons. The van der Waals surface area contributed by atoms with Gasteiger partial charge in [0.05, 0.1) is 0 Å². The minimum Gasteiger partial charge on any atom is -0.385 e. The van der Waals surface area contributed by atoms with Crippen LogP contribution in [-0.2, 0) is 6.42 Å². The molecule has 0 heterocycles. The molecule has 3 N–H and O–H groups in total. The Bertz CT molecular complexity index is 413. The second-order valence-corrected chi connectivity index (χ2v) is 4.12. The maximum Gasteiger partial charge on any atom is 0.265 e. The average molecular weight is 272 g/mol. The first-order valence-electron chi connectivity index (χ1n) is 6.03. The highest BCUT2D eigenvalue weighted by atomic mass is 19.3. The quantitative estimate of drug-likeness (QED) is 0.688. The predicted molar refractivity (Wildman–Crippen MR) is 68.4 cm³/mol. The fourth-order valence-corrected chi connectivity index (χ4v) is 1.60. The van der Waals surface area contributed by atoms with E-state index in [4.69, 9.17) is 5.11 Å². The molecule has 0 bridgehead atoms. The van der Waals surface area contributed by atoms with Crippen LogP contribution in [0.25, 0.3) is 0 Å². The molecule has 1 atom stereocenters. The van der Waals surface area contributed by atoms with E-state index in [0.717, 1.165) is 5.56 Å². The van der Waals surface area contributed by atoms with Crippen LogP contribution < -0.4 is 10.6 Å².